The van der Waals surface area contributed by atoms with Crippen LogP contribution in [0.15, 0.2) is 18.2 Å². The van der Waals surface area contributed by atoms with Gasteiger partial charge in [-0.05, 0) is 36.1 Å². The Morgan fingerprint density at radius 3 is 2.92 bits per heavy atom. The molecule has 0 saturated heterocycles. The molecule has 70 valence electrons. The maximum atomic E-state index is 12.8. The third kappa shape index (κ3) is 1.24. The largest absolute Gasteiger partial charge is 0.393 e. The molecule has 0 spiro atoms. The van der Waals surface area contributed by atoms with Crippen LogP contribution in [-0.2, 0) is 12.0 Å². The normalized spacial score (nSPS) is 26.1. The first-order valence-corrected chi connectivity index (χ1v) is 4.28. The zero-order valence-corrected chi connectivity index (χ0v) is 7.13. The van der Waals surface area contributed by atoms with Crippen molar-refractivity contribution in [2.24, 2.45) is 0 Å². The van der Waals surface area contributed by atoms with E-state index in [-0.39, 0.29) is 12.4 Å². The Bertz CT molecular complexity index is 338. The predicted molar refractivity (Wildman–Crippen MR) is 45.7 cm³/mol. The van der Waals surface area contributed by atoms with Gasteiger partial charge in [-0.2, -0.15) is 0 Å². The van der Waals surface area contributed by atoms with Crippen molar-refractivity contribution in [2.45, 2.75) is 18.4 Å². The van der Waals surface area contributed by atoms with Gasteiger partial charge in [-0.3, -0.25) is 0 Å². The Morgan fingerprint density at radius 1 is 1.46 bits per heavy atom. The minimum absolute atomic E-state index is 0.344. The molecule has 1 aromatic rings. The predicted octanol–water partition coefficient (Wildman–Crippen LogP) is 0.952. The van der Waals surface area contributed by atoms with Crippen LogP contribution in [0.4, 0.5) is 4.39 Å². The molecule has 2 nitrogen and oxygen atoms in total. The highest BCUT2D eigenvalue weighted by molar-refractivity contribution is 5.37. The topological polar surface area (TPSA) is 40.5 Å². The smallest absolute Gasteiger partial charge is 0.123 e. The Balaban J connectivity index is 2.52. The van der Waals surface area contributed by atoms with E-state index in [1.807, 2.05) is 0 Å². The minimum Gasteiger partial charge on any atom is -0.393 e. The van der Waals surface area contributed by atoms with Crippen LogP contribution in [0, 0.1) is 5.82 Å². The van der Waals surface area contributed by atoms with Gasteiger partial charge in [-0.1, -0.05) is 6.07 Å². The molecular formula is C10H11FO2. The van der Waals surface area contributed by atoms with Gasteiger partial charge in [0.15, 0.2) is 0 Å². The van der Waals surface area contributed by atoms with Crippen LogP contribution in [0.5, 0.6) is 0 Å². The summed E-state index contributed by atoms with van der Waals surface area (Å²) in [5.74, 6) is -0.368. The summed E-state index contributed by atoms with van der Waals surface area (Å²) in [7, 11) is 0. The van der Waals surface area contributed by atoms with Gasteiger partial charge in [0.05, 0.1) is 6.61 Å². The molecule has 0 radical (unpaired) electrons. The van der Waals surface area contributed by atoms with Crippen molar-refractivity contribution in [3.8, 4) is 0 Å². The third-order valence-corrected chi connectivity index (χ3v) is 2.64. The van der Waals surface area contributed by atoms with Gasteiger partial charge >= 0.3 is 0 Å². The summed E-state index contributed by atoms with van der Waals surface area (Å²) >= 11 is 0. The molecule has 1 aliphatic carbocycles. The van der Waals surface area contributed by atoms with E-state index in [9.17, 15) is 9.50 Å². The second-order valence-electron chi connectivity index (χ2n) is 3.49. The van der Waals surface area contributed by atoms with E-state index >= 15 is 0 Å². The molecule has 13 heavy (non-hydrogen) atoms. The monoisotopic (exact) mass is 182 g/mol. The van der Waals surface area contributed by atoms with Crippen LogP contribution in [0.25, 0.3) is 0 Å². The first-order chi connectivity index (χ1) is 6.15. The van der Waals surface area contributed by atoms with E-state index in [2.05, 4.69) is 0 Å². The fourth-order valence-corrected chi connectivity index (χ4v) is 1.84. The standard InChI is InChI=1S/C10H11FO2/c11-8-2-1-7-3-4-10(13,6-12)9(7)5-8/h1-2,5,12-13H,3-4,6H2. The molecule has 0 bridgehead atoms. The molecule has 0 amide bonds. The first kappa shape index (κ1) is 8.66. The lowest BCUT2D eigenvalue weighted by Gasteiger charge is -2.20. The second-order valence-corrected chi connectivity index (χ2v) is 3.49. The zero-order chi connectivity index (χ0) is 9.47. The number of aliphatic hydroxyl groups excluding tert-OH is 1. The van der Waals surface area contributed by atoms with Crippen molar-refractivity contribution in [2.75, 3.05) is 6.61 Å². The molecular weight excluding hydrogens is 171 g/mol. The number of benzene rings is 1. The molecule has 0 aliphatic heterocycles. The first-order valence-electron chi connectivity index (χ1n) is 4.28. The Kier molecular flexibility index (Phi) is 1.86. The Labute approximate surface area is 75.6 Å². The summed E-state index contributed by atoms with van der Waals surface area (Å²) in [5.41, 5.74) is 0.241. The number of fused-ring (bicyclic) bond motifs is 1. The van der Waals surface area contributed by atoms with Crippen LogP contribution < -0.4 is 0 Å². The van der Waals surface area contributed by atoms with Gasteiger partial charge in [0.2, 0.25) is 0 Å². The van der Waals surface area contributed by atoms with Crippen LogP contribution in [0.2, 0.25) is 0 Å². The average molecular weight is 182 g/mol. The SMILES string of the molecule is OCC1(O)CCc2ccc(F)cc21. The van der Waals surface area contributed by atoms with Crippen LogP contribution in [0.1, 0.15) is 17.5 Å². The number of hydrogen-bond acceptors (Lipinski definition) is 2. The molecule has 1 unspecified atom stereocenters. The van der Waals surface area contributed by atoms with Gasteiger partial charge in [0.1, 0.15) is 11.4 Å². The van der Waals surface area contributed by atoms with Crippen LogP contribution >= 0.6 is 0 Å². The minimum atomic E-state index is -1.22. The highest BCUT2D eigenvalue weighted by atomic mass is 19.1. The van der Waals surface area contributed by atoms with E-state index in [1.54, 1.807) is 6.07 Å². The molecule has 0 fully saturated rings. The maximum absolute atomic E-state index is 12.8. The van der Waals surface area contributed by atoms with Gasteiger partial charge in [0, 0.05) is 0 Å². The lowest BCUT2D eigenvalue weighted by Crippen LogP contribution is -2.26. The third-order valence-electron chi connectivity index (χ3n) is 2.64. The average Bonchev–Trinajstić information content (AvgIpc) is 2.45. The van der Waals surface area contributed by atoms with Crippen molar-refractivity contribution in [3.63, 3.8) is 0 Å². The van der Waals surface area contributed by atoms with E-state index in [0.29, 0.717) is 18.4 Å². The Morgan fingerprint density at radius 2 is 2.23 bits per heavy atom. The maximum Gasteiger partial charge on any atom is 0.123 e. The van der Waals surface area contributed by atoms with E-state index in [0.717, 1.165) is 5.56 Å². The summed E-state index contributed by atoms with van der Waals surface area (Å²) < 4.78 is 12.8. The van der Waals surface area contributed by atoms with Crippen molar-refractivity contribution in [1.82, 2.24) is 0 Å². The van der Waals surface area contributed by atoms with Crippen LogP contribution in [-0.4, -0.2) is 16.8 Å². The van der Waals surface area contributed by atoms with Gasteiger partial charge < -0.3 is 10.2 Å². The second kappa shape index (κ2) is 2.79. The molecule has 1 aliphatic rings. The summed E-state index contributed by atoms with van der Waals surface area (Å²) in [6, 6.07) is 4.35. The number of aryl methyl sites for hydroxylation is 1. The van der Waals surface area contributed by atoms with E-state index in [4.69, 9.17) is 5.11 Å². The molecule has 3 heteroatoms. The van der Waals surface area contributed by atoms with E-state index < -0.39 is 5.60 Å². The van der Waals surface area contributed by atoms with Crippen molar-refractivity contribution in [1.29, 1.82) is 0 Å². The highest BCUT2D eigenvalue weighted by Gasteiger charge is 2.36. The molecule has 1 aromatic carbocycles. The van der Waals surface area contributed by atoms with Crippen LogP contribution in [0.3, 0.4) is 0 Å². The van der Waals surface area contributed by atoms with Crippen molar-refractivity contribution in [3.05, 3.63) is 35.1 Å². The lowest BCUT2D eigenvalue weighted by molar-refractivity contribution is -0.0173. The quantitative estimate of drug-likeness (QED) is 0.679. The summed E-state index contributed by atoms with van der Waals surface area (Å²) in [6.45, 7) is -0.344. The Hall–Kier alpha value is -0.930. The van der Waals surface area contributed by atoms with Crippen molar-refractivity contribution < 1.29 is 14.6 Å². The van der Waals surface area contributed by atoms with Gasteiger partial charge in [-0.15, -0.1) is 0 Å². The summed E-state index contributed by atoms with van der Waals surface area (Å²) in [6.07, 6.45) is 1.18. The lowest BCUT2D eigenvalue weighted by atomic mass is 9.97. The summed E-state index contributed by atoms with van der Waals surface area (Å²) in [4.78, 5) is 0. The molecule has 0 aromatic heterocycles. The number of hydrogen-bond donors (Lipinski definition) is 2. The van der Waals surface area contributed by atoms with Gasteiger partial charge in [0.25, 0.3) is 0 Å². The highest BCUT2D eigenvalue weighted by Crippen LogP contribution is 2.36. The molecule has 0 saturated carbocycles. The molecule has 2 rings (SSSR count). The van der Waals surface area contributed by atoms with Gasteiger partial charge in [-0.25, -0.2) is 4.39 Å². The van der Waals surface area contributed by atoms with Crippen molar-refractivity contribution >= 4 is 0 Å². The molecule has 0 heterocycles. The molecule has 1 atom stereocenters. The zero-order valence-electron chi connectivity index (χ0n) is 7.13. The van der Waals surface area contributed by atoms with E-state index in [1.165, 1.54) is 12.1 Å². The summed E-state index contributed by atoms with van der Waals surface area (Å²) in [5, 5.41) is 18.9. The number of rotatable bonds is 1. The fraction of sp³-hybridized carbons (Fsp3) is 0.400. The fourth-order valence-electron chi connectivity index (χ4n) is 1.84. The number of halogens is 1. The number of aliphatic hydroxyl groups is 2. The molecule has 2 N–H and O–H groups in total.